The Morgan fingerprint density at radius 1 is 1.26 bits per heavy atom. The number of carbonyl (C=O) groups is 1. The number of benzene rings is 1. The van der Waals surface area contributed by atoms with Crippen LogP contribution in [0.1, 0.15) is 50.3 Å². The molecule has 1 saturated carbocycles. The molecule has 1 aromatic carbocycles. The summed E-state index contributed by atoms with van der Waals surface area (Å²) >= 11 is 7.72. The van der Waals surface area contributed by atoms with E-state index in [0.29, 0.717) is 22.5 Å². The van der Waals surface area contributed by atoms with E-state index in [-0.39, 0.29) is 11.5 Å². The normalized spacial score (nSPS) is 15.5. The number of pyridine rings is 1. The lowest BCUT2D eigenvalue weighted by Crippen LogP contribution is -2.36. The van der Waals surface area contributed by atoms with Crippen LogP contribution in [0.3, 0.4) is 0 Å². The number of hydrogen-bond donors (Lipinski definition) is 1. The highest BCUT2D eigenvalue weighted by Gasteiger charge is 2.28. The van der Waals surface area contributed by atoms with Crippen molar-refractivity contribution in [2.45, 2.75) is 51.5 Å². The van der Waals surface area contributed by atoms with Gasteiger partial charge in [-0.05, 0) is 37.0 Å². The van der Waals surface area contributed by atoms with E-state index in [1.165, 1.54) is 30.6 Å². The summed E-state index contributed by atoms with van der Waals surface area (Å²) in [6.45, 7) is 1.88. The van der Waals surface area contributed by atoms with Gasteiger partial charge < -0.3 is 9.88 Å². The molecule has 4 rings (SSSR count). The molecule has 1 atom stereocenters. The predicted octanol–water partition coefficient (Wildman–Crippen LogP) is 6.08. The Morgan fingerprint density at radius 2 is 2.03 bits per heavy atom. The maximum atomic E-state index is 13.3. The number of aromatic nitrogens is 2. The van der Waals surface area contributed by atoms with Gasteiger partial charge in [-0.2, -0.15) is 0 Å². The second-order valence-corrected chi connectivity index (χ2v) is 9.46. The quantitative estimate of drug-likeness (QED) is 0.489. The van der Waals surface area contributed by atoms with Crippen molar-refractivity contribution in [3.05, 3.63) is 69.0 Å². The highest BCUT2D eigenvalue weighted by Crippen LogP contribution is 2.33. The fraction of sp³-hybridized carbons (Fsp3) is 0.375. The van der Waals surface area contributed by atoms with Gasteiger partial charge in [0.2, 0.25) is 5.91 Å². The van der Waals surface area contributed by atoms with Crippen molar-refractivity contribution in [1.29, 1.82) is 0 Å². The van der Waals surface area contributed by atoms with Crippen molar-refractivity contribution in [1.82, 2.24) is 9.55 Å². The number of nitrogens with one attached hydrogen (secondary N) is 1. The largest absolute Gasteiger partial charge is 0.300 e. The number of anilines is 1. The topological polar surface area (TPSA) is 64.0 Å². The zero-order valence-electron chi connectivity index (χ0n) is 17.5. The average molecular weight is 456 g/mol. The van der Waals surface area contributed by atoms with Gasteiger partial charge in [-0.15, -0.1) is 11.3 Å². The molecule has 1 fully saturated rings. The molecular weight excluding hydrogens is 430 g/mol. The maximum absolute atomic E-state index is 13.3. The van der Waals surface area contributed by atoms with Crippen LogP contribution in [0.15, 0.2) is 52.8 Å². The van der Waals surface area contributed by atoms with Gasteiger partial charge in [-0.25, -0.2) is 4.98 Å². The standard InChI is InChI=1S/C24H26ClN3O2S/c1-16-13-18(19-9-5-6-10-20(19)25)15-22(29)28(16)21(14-17-7-3-2-4-8-17)23(30)27-24-26-11-12-31-24/h5-6,9-13,15,17,21H,2-4,7-8,14H2,1H3,(H,26,27,30). The van der Waals surface area contributed by atoms with Crippen molar-refractivity contribution in [2.75, 3.05) is 5.32 Å². The molecule has 2 heterocycles. The van der Waals surface area contributed by atoms with Crippen LogP contribution in [-0.4, -0.2) is 15.5 Å². The summed E-state index contributed by atoms with van der Waals surface area (Å²) in [7, 11) is 0. The van der Waals surface area contributed by atoms with E-state index in [2.05, 4.69) is 10.3 Å². The zero-order chi connectivity index (χ0) is 21.8. The van der Waals surface area contributed by atoms with Crippen LogP contribution in [0.25, 0.3) is 11.1 Å². The predicted molar refractivity (Wildman–Crippen MR) is 127 cm³/mol. The Morgan fingerprint density at radius 3 is 2.71 bits per heavy atom. The fourth-order valence-corrected chi connectivity index (χ4v) is 5.28. The summed E-state index contributed by atoms with van der Waals surface area (Å²) < 4.78 is 1.64. The zero-order valence-corrected chi connectivity index (χ0v) is 19.1. The number of nitrogens with zero attached hydrogens (tertiary/aromatic N) is 2. The van der Waals surface area contributed by atoms with Crippen LogP contribution in [0.5, 0.6) is 0 Å². The summed E-state index contributed by atoms with van der Waals surface area (Å²) in [5.41, 5.74) is 2.14. The molecule has 5 nitrogen and oxygen atoms in total. The van der Waals surface area contributed by atoms with Gasteiger partial charge in [0, 0.05) is 33.9 Å². The highest BCUT2D eigenvalue weighted by atomic mass is 35.5. The average Bonchev–Trinajstić information content (AvgIpc) is 3.26. The molecule has 3 aromatic rings. The van der Waals surface area contributed by atoms with Crippen LogP contribution in [0, 0.1) is 12.8 Å². The summed E-state index contributed by atoms with van der Waals surface area (Å²) in [6.07, 6.45) is 8.14. The van der Waals surface area contributed by atoms with Gasteiger partial charge >= 0.3 is 0 Å². The van der Waals surface area contributed by atoms with Gasteiger partial charge in [0.1, 0.15) is 6.04 Å². The molecule has 0 spiro atoms. The SMILES string of the molecule is Cc1cc(-c2ccccc2Cl)cc(=O)n1C(CC1CCCCC1)C(=O)Nc1nccs1. The first-order chi connectivity index (χ1) is 15.0. The monoisotopic (exact) mass is 455 g/mol. The van der Waals surface area contributed by atoms with E-state index in [4.69, 9.17) is 11.6 Å². The summed E-state index contributed by atoms with van der Waals surface area (Å²) in [4.78, 5) is 30.7. The minimum atomic E-state index is -0.570. The van der Waals surface area contributed by atoms with Crippen LogP contribution in [-0.2, 0) is 4.79 Å². The molecule has 0 aliphatic heterocycles. The van der Waals surface area contributed by atoms with Crippen molar-refractivity contribution in [3.63, 3.8) is 0 Å². The number of carbonyl (C=O) groups excluding carboxylic acids is 1. The molecule has 2 aromatic heterocycles. The van der Waals surface area contributed by atoms with E-state index < -0.39 is 6.04 Å². The second kappa shape index (κ2) is 9.79. The van der Waals surface area contributed by atoms with Crippen molar-refractivity contribution >= 4 is 34.0 Å². The Bertz CT molecular complexity index is 1100. The molecule has 7 heteroatoms. The smallest absolute Gasteiger partial charge is 0.252 e. The van der Waals surface area contributed by atoms with Crippen molar-refractivity contribution < 1.29 is 4.79 Å². The van der Waals surface area contributed by atoms with E-state index in [9.17, 15) is 9.59 Å². The molecule has 1 amide bonds. The first-order valence-electron chi connectivity index (χ1n) is 10.7. The van der Waals surface area contributed by atoms with E-state index in [1.54, 1.807) is 16.8 Å². The molecule has 0 saturated heterocycles. The van der Waals surface area contributed by atoms with Crippen molar-refractivity contribution in [2.24, 2.45) is 5.92 Å². The van der Waals surface area contributed by atoms with Gasteiger partial charge in [0.15, 0.2) is 5.13 Å². The summed E-state index contributed by atoms with van der Waals surface area (Å²) in [5.74, 6) is 0.256. The first-order valence-corrected chi connectivity index (χ1v) is 12.0. The minimum Gasteiger partial charge on any atom is -0.300 e. The van der Waals surface area contributed by atoms with E-state index in [1.807, 2.05) is 42.6 Å². The third-order valence-electron chi connectivity index (χ3n) is 6.00. The minimum absolute atomic E-state index is 0.184. The lowest BCUT2D eigenvalue weighted by Gasteiger charge is -2.28. The Labute approximate surface area is 191 Å². The molecule has 1 unspecified atom stereocenters. The number of rotatable bonds is 6. The molecule has 1 aliphatic rings. The lowest BCUT2D eigenvalue weighted by atomic mass is 9.84. The molecule has 31 heavy (non-hydrogen) atoms. The highest BCUT2D eigenvalue weighted by molar-refractivity contribution is 7.13. The van der Waals surface area contributed by atoms with Crippen LogP contribution >= 0.6 is 22.9 Å². The first kappa shape index (κ1) is 21.8. The van der Waals surface area contributed by atoms with Crippen molar-refractivity contribution in [3.8, 4) is 11.1 Å². The van der Waals surface area contributed by atoms with Crippen LogP contribution in [0.2, 0.25) is 5.02 Å². The van der Waals surface area contributed by atoms with Gasteiger partial charge in [0.05, 0.1) is 0 Å². The third-order valence-corrected chi connectivity index (χ3v) is 7.02. The molecule has 1 aliphatic carbocycles. The lowest BCUT2D eigenvalue weighted by molar-refractivity contribution is -0.120. The summed E-state index contributed by atoms with van der Waals surface area (Å²) in [6, 6.07) is 10.4. The van der Waals surface area contributed by atoms with Crippen LogP contribution in [0.4, 0.5) is 5.13 Å². The number of hydrogen-bond acceptors (Lipinski definition) is 4. The number of halogens is 1. The van der Waals surface area contributed by atoms with E-state index >= 15 is 0 Å². The molecular formula is C24H26ClN3O2S. The van der Waals surface area contributed by atoms with Gasteiger partial charge in [-0.3, -0.25) is 9.59 Å². The third kappa shape index (κ3) is 5.08. The van der Waals surface area contributed by atoms with Gasteiger partial charge in [-0.1, -0.05) is 61.9 Å². The van der Waals surface area contributed by atoms with Crippen LogP contribution < -0.4 is 10.9 Å². The number of thiazole rings is 1. The van der Waals surface area contributed by atoms with E-state index in [0.717, 1.165) is 29.7 Å². The Kier molecular flexibility index (Phi) is 6.88. The Hall–Kier alpha value is -2.44. The second-order valence-electron chi connectivity index (χ2n) is 8.16. The molecule has 162 valence electrons. The number of amides is 1. The Balaban J connectivity index is 1.70. The maximum Gasteiger partial charge on any atom is 0.252 e. The number of aryl methyl sites for hydroxylation is 1. The molecule has 0 bridgehead atoms. The molecule has 0 radical (unpaired) electrons. The van der Waals surface area contributed by atoms with Gasteiger partial charge in [0.25, 0.3) is 5.56 Å². The fourth-order valence-electron chi connectivity index (χ4n) is 4.51. The summed E-state index contributed by atoms with van der Waals surface area (Å²) in [5, 5.41) is 5.88. The molecule has 1 N–H and O–H groups in total.